The molecule has 0 spiro atoms. The van der Waals surface area contributed by atoms with Gasteiger partial charge in [0.15, 0.2) is 0 Å². The van der Waals surface area contributed by atoms with E-state index >= 15 is 0 Å². The number of carbonyl (C=O) groups is 1. The number of hydrogen-bond donors (Lipinski definition) is 1. The van der Waals surface area contributed by atoms with Crippen LogP contribution in [0.15, 0.2) is 35.2 Å². The molecule has 0 aliphatic carbocycles. The SMILES string of the molecule is O=C(O)c1cnn(Cc2ccco2)c1. The van der Waals surface area contributed by atoms with Crippen LogP contribution in [-0.4, -0.2) is 20.9 Å². The number of aromatic nitrogens is 2. The maximum absolute atomic E-state index is 10.5. The van der Waals surface area contributed by atoms with E-state index in [1.54, 1.807) is 12.3 Å². The van der Waals surface area contributed by atoms with Crippen molar-refractivity contribution in [3.8, 4) is 0 Å². The predicted octanol–water partition coefficient (Wildman–Crippen LogP) is 1.22. The van der Waals surface area contributed by atoms with E-state index in [4.69, 9.17) is 9.52 Å². The zero-order valence-corrected chi connectivity index (χ0v) is 7.25. The molecule has 5 heteroatoms. The quantitative estimate of drug-likeness (QED) is 0.793. The summed E-state index contributed by atoms with van der Waals surface area (Å²) in [4.78, 5) is 10.5. The summed E-state index contributed by atoms with van der Waals surface area (Å²) in [5, 5.41) is 12.5. The maximum atomic E-state index is 10.5. The molecule has 2 heterocycles. The second-order valence-electron chi connectivity index (χ2n) is 2.81. The van der Waals surface area contributed by atoms with Crippen molar-refractivity contribution in [3.63, 3.8) is 0 Å². The summed E-state index contributed by atoms with van der Waals surface area (Å²) in [6.07, 6.45) is 4.34. The fourth-order valence-electron chi connectivity index (χ4n) is 1.12. The highest BCUT2D eigenvalue weighted by atomic mass is 16.4. The fraction of sp³-hybridized carbons (Fsp3) is 0.111. The molecule has 72 valence electrons. The minimum Gasteiger partial charge on any atom is -0.478 e. The van der Waals surface area contributed by atoms with Gasteiger partial charge in [-0.15, -0.1) is 0 Å². The first kappa shape index (κ1) is 8.55. The largest absolute Gasteiger partial charge is 0.478 e. The highest BCUT2D eigenvalue weighted by molar-refractivity contribution is 5.86. The third-order valence-electron chi connectivity index (χ3n) is 1.78. The lowest BCUT2D eigenvalue weighted by Gasteiger charge is -1.95. The smallest absolute Gasteiger partial charge is 0.338 e. The molecule has 0 bridgehead atoms. The van der Waals surface area contributed by atoms with E-state index in [0.717, 1.165) is 5.76 Å². The molecule has 5 nitrogen and oxygen atoms in total. The molecular weight excluding hydrogens is 184 g/mol. The Morgan fingerprint density at radius 3 is 3.07 bits per heavy atom. The van der Waals surface area contributed by atoms with Gasteiger partial charge in [-0.05, 0) is 12.1 Å². The van der Waals surface area contributed by atoms with Crippen LogP contribution in [0.5, 0.6) is 0 Å². The lowest BCUT2D eigenvalue weighted by Crippen LogP contribution is -1.99. The summed E-state index contributed by atoms with van der Waals surface area (Å²) in [7, 11) is 0. The van der Waals surface area contributed by atoms with Crippen LogP contribution in [0.25, 0.3) is 0 Å². The van der Waals surface area contributed by atoms with Gasteiger partial charge in [0.1, 0.15) is 5.76 Å². The van der Waals surface area contributed by atoms with Crippen molar-refractivity contribution in [3.05, 3.63) is 42.1 Å². The van der Waals surface area contributed by atoms with Crippen LogP contribution in [0.2, 0.25) is 0 Å². The Morgan fingerprint density at radius 1 is 1.64 bits per heavy atom. The number of carboxylic acid groups (broad SMARTS) is 1. The van der Waals surface area contributed by atoms with Crippen LogP contribution in [-0.2, 0) is 6.54 Å². The lowest BCUT2D eigenvalue weighted by atomic mass is 10.4. The molecule has 0 saturated heterocycles. The van der Waals surface area contributed by atoms with Gasteiger partial charge in [0, 0.05) is 6.20 Å². The van der Waals surface area contributed by atoms with Gasteiger partial charge in [-0.3, -0.25) is 4.68 Å². The molecule has 1 N–H and O–H groups in total. The standard InChI is InChI=1S/C9H8N2O3/c12-9(13)7-4-10-11(5-7)6-8-2-1-3-14-8/h1-5H,6H2,(H,12,13). The number of carboxylic acids is 1. The van der Waals surface area contributed by atoms with Crippen molar-refractivity contribution in [2.45, 2.75) is 6.54 Å². The third-order valence-corrected chi connectivity index (χ3v) is 1.78. The molecule has 0 fully saturated rings. The first-order valence-corrected chi connectivity index (χ1v) is 4.04. The molecule has 2 aromatic rings. The molecule has 2 rings (SSSR count). The minimum atomic E-state index is -0.976. The zero-order valence-electron chi connectivity index (χ0n) is 7.25. The minimum absolute atomic E-state index is 0.177. The van der Waals surface area contributed by atoms with E-state index in [1.807, 2.05) is 6.07 Å². The van der Waals surface area contributed by atoms with Gasteiger partial charge in [-0.25, -0.2) is 4.79 Å². The maximum Gasteiger partial charge on any atom is 0.338 e. The second kappa shape index (κ2) is 3.37. The van der Waals surface area contributed by atoms with Crippen LogP contribution in [0.1, 0.15) is 16.1 Å². The van der Waals surface area contributed by atoms with Gasteiger partial charge >= 0.3 is 5.97 Å². The van der Waals surface area contributed by atoms with Crippen molar-refractivity contribution < 1.29 is 14.3 Å². The summed E-state index contributed by atoms with van der Waals surface area (Å²) in [5.41, 5.74) is 0.177. The highest BCUT2D eigenvalue weighted by Crippen LogP contribution is 2.04. The molecule has 0 saturated carbocycles. The number of furan rings is 1. The summed E-state index contributed by atoms with van der Waals surface area (Å²) >= 11 is 0. The normalized spacial score (nSPS) is 10.3. The first-order chi connectivity index (χ1) is 6.75. The molecule has 0 atom stereocenters. The Balaban J connectivity index is 2.14. The molecular formula is C9H8N2O3. The van der Waals surface area contributed by atoms with Crippen LogP contribution in [0.3, 0.4) is 0 Å². The Kier molecular flexibility index (Phi) is 2.06. The van der Waals surface area contributed by atoms with E-state index in [1.165, 1.54) is 17.1 Å². The number of aromatic carboxylic acids is 1. The van der Waals surface area contributed by atoms with E-state index in [0.29, 0.717) is 6.54 Å². The molecule has 0 unspecified atom stereocenters. The third kappa shape index (κ3) is 1.66. The van der Waals surface area contributed by atoms with Gasteiger partial charge in [-0.1, -0.05) is 0 Å². The number of hydrogen-bond acceptors (Lipinski definition) is 3. The molecule has 0 aliphatic heterocycles. The van der Waals surface area contributed by atoms with Gasteiger partial charge < -0.3 is 9.52 Å². The Bertz CT molecular complexity index is 431. The average molecular weight is 192 g/mol. The van der Waals surface area contributed by atoms with E-state index in [2.05, 4.69) is 5.10 Å². The van der Waals surface area contributed by atoms with E-state index in [-0.39, 0.29) is 5.56 Å². The van der Waals surface area contributed by atoms with Crippen LogP contribution < -0.4 is 0 Å². The topological polar surface area (TPSA) is 68.3 Å². The lowest BCUT2D eigenvalue weighted by molar-refractivity contribution is 0.0696. The number of rotatable bonds is 3. The van der Waals surface area contributed by atoms with Gasteiger partial charge in [0.2, 0.25) is 0 Å². The Morgan fingerprint density at radius 2 is 2.50 bits per heavy atom. The summed E-state index contributed by atoms with van der Waals surface area (Å²) in [6, 6.07) is 3.58. The van der Waals surface area contributed by atoms with Crippen molar-refractivity contribution >= 4 is 5.97 Å². The van der Waals surface area contributed by atoms with Gasteiger partial charge in [0.05, 0.1) is 24.6 Å². The molecule has 2 aromatic heterocycles. The molecule has 0 radical (unpaired) electrons. The van der Waals surface area contributed by atoms with E-state index in [9.17, 15) is 4.79 Å². The van der Waals surface area contributed by atoms with Crippen LogP contribution in [0, 0.1) is 0 Å². The van der Waals surface area contributed by atoms with E-state index < -0.39 is 5.97 Å². The first-order valence-electron chi connectivity index (χ1n) is 4.04. The monoisotopic (exact) mass is 192 g/mol. The van der Waals surface area contributed by atoms with Crippen LogP contribution >= 0.6 is 0 Å². The Labute approximate surface area is 79.6 Å². The van der Waals surface area contributed by atoms with Gasteiger partial charge in [0.25, 0.3) is 0 Å². The molecule has 0 aliphatic rings. The predicted molar refractivity (Wildman–Crippen MR) is 47.0 cm³/mol. The van der Waals surface area contributed by atoms with Crippen molar-refractivity contribution in [1.82, 2.24) is 9.78 Å². The van der Waals surface area contributed by atoms with Crippen molar-refractivity contribution in [2.75, 3.05) is 0 Å². The summed E-state index contributed by atoms with van der Waals surface area (Å²) in [5.74, 6) is -0.235. The number of nitrogens with zero attached hydrogens (tertiary/aromatic N) is 2. The summed E-state index contributed by atoms with van der Waals surface area (Å²) in [6.45, 7) is 0.445. The highest BCUT2D eigenvalue weighted by Gasteiger charge is 2.06. The van der Waals surface area contributed by atoms with Crippen molar-refractivity contribution in [2.24, 2.45) is 0 Å². The molecule has 0 amide bonds. The Hall–Kier alpha value is -2.04. The van der Waals surface area contributed by atoms with Crippen LogP contribution in [0.4, 0.5) is 0 Å². The zero-order chi connectivity index (χ0) is 9.97. The van der Waals surface area contributed by atoms with Gasteiger partial charge in [-0.2, -0.15) is 5.10 Å². The second-order valence-corrected chi connectivity index (χ2v) is 2.81. The average Bonchev–Trinajstić information content (AvgIpc) is 2.75. The van der Waals surface area contributed by atoms with Crippen molar-refractivity contribution in [1.29, 1.82) is 0 Å². The fourth-order valence-corrected chi connectivity index (χ4v) is 1.12. The molecule has 14 heavy (non-hydrogen) atoms. The molecule has 0 aromatic carbocycles. The summed E-state index contributed by atoms with van der Waals surface area (Å²) < 4.78 is 6.62.